The van der Waals surface area contributed by atoms with Crippen molar-refractivity contribution in [3.8, 4) is 0 Å². The number of benzene rings is 1. The van der Waals surface area contributed by atoms with Gasteiger partial charge in [0.15, 0.2) is 0 Å². The minimum Gasteiger partial charge on any atom is -0.378 e. The summed E-state index contributed by atoms with van der Waals surface area (Å²) in [4.78, 5) is 6.71. The highest BCUT2D eigenvalue weighted by Gasteiger charge is 2.33. The Kier molecular flexibility index (Phi) is 6.85. The number of rotatable bonds is 7. The maximum atomic E-state index is 11.8. The lowest BCUT2D eigenvalue weighted by Gasteiger charge is -2.39. The van der Waals surface area contributed by atoms with Gasteiger partial charge in [0.1, 0.15) is 5.82 Å². The SMILES string of the molecule is NS(=O)(=O)C[C@H]1CCN(c2ccccn2)C[C@@H]1COC1CCC(c2ccc3[nH]ncc3c2)CC1. The largest absolute Gasteiger partial charge is 0.378 e. The fourth-order valence-corrected chi connectivity index (χ4v) is 6.61. The van der Waals surface area contributed by atoms with E-state index in [2.05, 4.69) is 38.3 Å². The van der Waals surface area contributed by atoms with Crippen LogP contribution in [-0.4, -0.2) is 55.2 Å². The Hall–Kier alpha value is -2.49. The molecule has 1 aliphatic carbocycles. The molecular weight excluding hydrogens is 450 g/mol. The quantitative estimate of drug-likeness (QED) is 0.532. The molecule has 1 aromatic carbocycles. The molecule has 1 saturated carbocycles. The Morgan fingerprint density at radius 3 is 2.71 bits per heavy atom. The molecule has 3 heterocycles. The van der Waals surface area contributed by atoms with Gasteiger partial charge in [-0.1, -0.05) is 12.1 Å². The Bertz CT molecular complexity index is 1190. The molecule has 0 radical (unpaired) electrons. The number of nitrogens with zero attached hydrogens (tertiary/aromatic N) is 3. The molecule has 2 fully saturated rings. The van der Waals surface area contributed by atoms with Crippen LogP contribution in [0.15, 0.2) is 48.8 Å². The molecule has 0 amide bonds. The number of pyridine rings is 1. The molecule has 9 heteroatoms. The third-order valence-corrected chi connectivity index (χ3v) is 8.36. The maximum Gasteiger partial charge on any atom is 0.209 e. The van der Waals surface area contributed by atoms with Gasteiger partial charge in [0.25, 0.3) is 0 Å². The normalized spacial score (nSPS) is 26.1. The van der Waals surface area contributed by atoms with E-state index in [4.69, 9.17) is 9.88 Å². The topological polar surface area (TPSA) is 114 Å². The van der Waals surface area contributed by atoms with Crippen molar-refractivity contribution in [3.05, 3.63) is 54.4 Å². The summed E-state index contributed by atoms with van der Waals surface area (Å²) >= 11 is 0. The molecule has 34 heavy (non-hydrogen) atoms. The van der Waals surface area contributed by atoms with Crippen LogP contribution in [0.2, 0.25) is 0 Å². The van der Waals surface area contributed by atoms with E-state index in [1.165, 1.54) is 5.56 Å². The number of piperidine rings is 1. The van der Waals surface area contributed by atoms with Crippen LogP contribution in [0.25, 0.3) is 10.9 Å². The van der Waals surface area contributed by atoms with Crippen LogP contribution in [0.5, 0.6) is 0 Å². The molecule has 2 aliphatic rings. The number of aromatic amines is 1. The van der Waals surface area contributed by atoms with Gasteiger partial charge in [-0.15, -0.1) is 0 Å². The minimum absolute atomic E-state index is 0.00740. The van der Waals surface area contributed by atoms with Gasteiger partial charge in [0.2, 0.25) is 10.0 Å². The lowest BCUT2D eigenvalue weighted by Crippen LogP contribution is -2.46. The first-order valence-corrected chi connectivity index (χ1v) is 13.9. The monoisotopic (exact) mass is 483 g/mol. The van der Waals surface area contributed by atoms with Crippen molar-refractivity contribution < 1.29 is 13.2 Å². The van der Waals surface area contributed by atoms with Crippen molar-refractivity contribution in [2.24, 2.45) is 17.0 Å². The second-order valence-corrected chi connectivity index (χ2v) is 11.5. The van der Waals surface area contributed by atoms with E-state index in [1.54, 1.807) is 6.20 Å². The first-order chi connectivity index (χ1) is 16.4. The van der Waals surface area contributed by atoms with Crippen LogP contribution in [0.4, 0.5) is 5.82 Å². The van der Waals surface area contributed by atoms with Crippen LogP contribution in [0.3, 0.4) is 0 Å². The average molecular weight is 484 g/mol. The number of anilines is 1. The number of sulfonamides is 1. The standard InChI is InChI=1S/C25H33N5O3S/c26-34(31,32)17-20-10-12-30(25-3-1-2-11-27-25)15-22(20)16-33-23-7-4-18(5-8-23)19-6-9-24-21(13-19)14-28-29-24/h1-3,6,9,11,13-14,18,20,22-23H,4-5,7-8,10,12,15-17H2,(H,28,29)(H2,26,31,32)/t18?,20-,22-,23?/m1/s1. The number of nitrogens with two attached hydrogens (primary N) is 1. The molecule has 3 aromatic rings. The van der Waals surface area contributed by atoms with Crippen molar-refractivity contribution in [1.29, 1.82) is 0 Å². The summed E-state index contributed by atoms with van der Waals surface area (Å²) in [5, 5.41) is 13.7. The lowest BCUT2D eigenvalue weighted by atomic mass is 9.82. The van der Waals surface area contributed by atoms with Crippen molar-refractivity contribution in [1.82, 2.24) is 15.2 Å². The number of hydrogen-bond donors (Lipinski definition) is 2. The van der Waals surface area contributed by atoms with Crippen LogP contribution in [0.1, 0.15) is 43.6 Å². The Morgan fingerprint density at radius 2 is 1.94 bits per heavy atom. The van der Waals surface area contributed by atoms with E-state index in [0.717, 1.165) is 61.9 Å². The minimum atomic E-state index is -3.53. The van der Waals surface area contributed by atoms with Crippen molar-refractivity contribution in [2.45, 2.75) is 44.1 Å². The average Bonchev–Trinajstić information content (AvgIpc) is 3.31. The van der Waals surface area contributed by atoms with E-state index in [0.29, 0.717) is 12.5 Å². The highest BCUT2D eigenvalue weighted by molar-refractivity contribution is 7.89. The third-order valence-electron chi connectivity index (χ3n) is 7.47. The van der Waals surface area contributed by atoms with Gasteiger partial charge < -0.3 is 9.64 Å². The summed E-state index contributed by atoms with van der Waals surface area (Å²) in [5.74, 6) is 1.60. The van der Waals surface area contributed by atoms with Gasteiger partial charge in [-0.2, -0.15) is 5.10 Å². The summed E-state index contributed by atoms with van der Waals surface area (Å²) in [5.41, 5.74) is 2.45. The Labute approximate surface area is 200 Å². The van der Waals surface area contributed by atoms with Crippen molar-refractivity contribution in [2.75, 3.05) is 30.3 Å². The number of H-pyrrole nitrogens is 1. The second kappa shape index (κ2) is 10.0. The number of hydrogen-bond acceptors (Lipinski definition) is 6. The number of primary sulfonamides is 1. The molecule has 2 atom stereocenters. The van der Waals surface area contributed by atoms with E-state index < -0.39 is 10.0 Å². The van der Waals surface area contributed by atoms with E-state index in [-0.39, 0.29) is 23.7 Å². The van der Waals surface area contributed by atoms with E-state index >= 15 is 0 Å². The molecule has 1 aliphatic heterocycles. The second-order valence-electron chi connectivity index (χ2n) is 9.80. The fourth-order valence-electron chi connectivity index (χ4n) is 5.57. The summed E-state index contributed by atoms with van der Waals surface area (Å²) in [6.07, 6.45) is 8.89. The number of nitrogens with one attached hydrogen (secondary N) is 1. The Balaban J connectivity index is 1.18. The molecule has 5 rings (SSSR count). The summed E-state index contributed by atoms with van der Waals surface area (Å²) < 4.78 is 30.1. The maximum absolute atomic E-state index is 11.8. The van der Waals surface area contributed by atoms with Gasteiger partial charge in [-0.25, -0.2) is 18.5 Å². The first kappa shape index (κ1) is 23.3. The van der Waals surface area contributed by atoms with Gasteiger partial charge in [-0.3, -0.25) is 5.10 Å². The molecule has 0 bridgehead atoms. The van der Waals surface area contributed by atoms with Gasteiger partial charge in [-0.05, 0) is 73.8 Å². The van der Waals surface area contributed by atoms with Crippen LogP contribution in [-0.2, 0) is 14.8 Å². The number of aromatic nitrogens is 3. The zero-order valence-corrected chi connectivity index (χ0v) is 20.2. The summed E-state index contributed by atoms with van der Waals surface area (Å²) in [6, 6.07) is 12.5. The number of ether oxygens (including phenoxy) is 1. The molecule has 2 aromatic heterocycles. The summed E-state index contributed by atoms with van der Waals surface area (Å²) in [7, 11) is -3.53. The highest BCUT2D eigenvalue weighted by Crippen LogP contribution is 2.36. The van der Waals surface area contributed by atoms with Crippen molar-refractivity contribution in [3.63, 3.8) is 0 Å². The van der Waals surface area contributed by atoms with Crippen LogP contribution < -0.4 is 10.0 Å². The molecule has 1 saturated heterocycles. The van der Waals surface area contributed by atoms with E-state index in [1.807, 2.05) is 24.4 Å². The highest BCUT2D eigenvalue weighted by atomic mass is 32.2. The van der Waals surface area contributed by atoms with Gasteiger partial charge in [0.05, 0.1) is 30.2 Å². The van der Waals surface area contributed by atoms with Gasteiger partial charge in [0, 0.05) is 30.6 Å². The smallest absolute Gasteiger partial charge is 0.209 e. The lowest BCUT2D eigenvalue weighted by molar-refractivity contribution is -0.00661. The fraction of sp³-hybridized carbons (Fsp3) is 0.520. The third kappa shape index (κ3) is 5.59. The molecule has 182 valence electrons. The molecule has 0 unspecified atom stereocenters. The number of fused-ring (bicyclic) bond motifs is 1. The molecule has 3 N–H and O–H groups in total. The van der Waals surface area contributed by atoms with Gasteiger partial charge >= 0.3 is 0 Å². The molecular formula is C25H33N5O3S. The first-order valence-electron chi connectivity index (χ1n) is 12.2. The molecule has 8 nitrogen and oxygen atoms in total. The van der Waals surface area contributed by atoms with Crippen molar-refractivity contribution >= 4 is 26.7 Å². The van der Waals surface area contributed by atoms with Crippen LogP contribution in [0, 0.1) is 11.8 Å². The predicted octanol–water partition coefficient (Wildman–Crippen LogP) is 3.43. The van der Waals surface area contributed by atoms with Crippen LogP contribution >= 0.6 is 0 Å². The molecule has 0 spiro atoms. The predicted molar refractivity (Wildman–Crippen MR) is 133 cm³/mol. The van der Waals surface area contributed by atoms with E-state index in [9.17, 15) is 8.42 Å². The Morgan fingerprint density at radius 1 is 1.09 bits per heavy atom. The summed E-state index contributed by atoms with van der Waals surface area (Å²) in [6.45, 7) is 2.07. The zero-order chi connectivity index (χ0) is 23.5. The zero-order valence-electron chi connectivity index (χ0n) is 19.3.